The van der Waals surface area contributed by atoms with Gasteiger partial charge >= 0.3 is 0 Å². The van der Waals surface area contributed by atoms with E-state index in [0.29, 0.717) is 60.8 Å². The molecule has 10 heteroatoms. The molecule has 1 aliphatic heterocycles. The van der Waals surface area contributed by atoms with Gasteiger partial charge in [-0.05, 0) is 62.1 Å². The van der Waals surface area contributed by atoms with Crippen molar-refractivity contribution in [1.82, 2.24) is 5.32 Å². The summed E-state index contributed by atoms with van der Waals surface area (Å²) in [6, 6.07) is 9.03. The molecule has 0 spiro atoms. The van der Waals surface area contributed by atoms with Gasteiger partial charge in [0.05, 0.1) is 29.5 Å². The van der Waals surface area contributed by atoms with E-state index in [0.717, 1.165) is 11.1 Å². The summed E-state index contributed by atoms with van der Waals surface area (Å²) in [6.07, 6.45) is 1.29. The number of carbonyl (C=O) groups is 2. The maximum Gasteiger partial charge on any atom is 0.226 e. The summed E-state index contributed by atoms with van der Waals surface area (Å²) in [7, 11) is -3.79. The van der Waals surface area contributed by atoms with Gasteiger partial charge in [-0.1, -0.05) is 28.9 Å². The van der Waals surface area contributed by atoms with Crippen molar-refractivity contribution in [2.45, 2.75) is 51.3 Å². The van der Waals surface area contributed by atoms with Crippen LogP contribution in [0.15, 0.2) is 39.7 Å². The normalized spacial score (nSPS) is 12.8. The zero-order valence-corrected chi connectivity index (χ0v) is 23.3. The first-order chi connectivity index (χ1) is 17.2. The molecule has 0 radical (unpaired) electrons. The summed E-state index contributed by atoms with van der Waals surface area (Å²) in [4.78, 5) is 26.5. The lowest BCUT2D eigenvalue weighted by Crippen LogP contribution is -2.30. The Labute approximate surface area is 221 Å². The molecule has 2 amide bonds. The predicted octanol–water partition coefficient (Wildman–Crippen LogP) is 4.07. The first-order valence-electron chi connectivity index (χ1n) is 12.2. The van der Waals surface area contributed by atoms with E-state index in [9.17, 15) is 18.0 Å². The second-order valence-electron chi connectivity index (χ2n) is 8.38. The number of rotatable bonds is 12. The van der Waals surface area contributed by atoms with Crippen LogP contribution in [0.1, 0.15) is 44.7 Å². The lowest BCUT2D eigenvalue weighted by molar-refractivity contribution is -0.120. The van der Waals surface area contributed by atoms with Gasteiger partial charge in [0.2, 0.25) is 11.8 Å². The van der Waals surface area contributed by atoms with E-state index in [-0.39, 0.29) is 35.3 Å². The third-order valence-corrected chi connectivity index (χ3v) is 8.05. The third-order valence-electron chi connectivity index (χ3n) is 5.87. The van der Waals surface area contributed by atoms with Crippen LogP contribution in [-0.2, 0) is 32.3 Å². The number of anilines is 1. The van der Waals surface area contributed by atoms with Crippen LogP contribution in [0.2, 0.25) is 0 Å². The number of hydrogen-bond donors (Lipinski definition) is 1. The molecule has 36 heavy (non-hydrogen) atoms. The average molecular weight is 582 g/mol. The Kier molecular flexibility index (Phi) is 9.78. The number of hydrogen-bond acceptors (Lipinski definition) is 6. The fraction of sp³-hybridized carbons (Fsp3) is 0.462. The topological polar surface area (TPSA) is 102 Å². The monoisotopic (exact) mass is 580 g/mol. The lowest BCUT2D eigenvalue weighted by Gasteiger charge is -2.20. The Morgan fingerprint density at radius 3 is 2.47 bits per heavy atom. The van der Waals surface area contributed by atoms with Gasteiger partial charge in [-0.2, -0.15) is 0 Å². The predicted molar refractivity (Wildman–Crippen MR) is 143 cm³/mol. The van der Waals surface area contributed by atoms with E-state index < -0.39 is 9.84 Å². The molecule has 1 N–H and O–H groups in total. The van der Waals surface area contributed by atoms with Crippen LogP contribution >= 0.6 is 15.9 Å². The summed E-state index contributed by atoms with van der Waals surface area (Å²) in [5.74, 6) is 0.532. The molecule has 0 bridgehead atoms. The lowest BCUT2D eigenvalue weighted by atomic mass is 10.1. The number of ether oxygens (including phenoxy) is 2. The number of carbonyl (C=O) groups excluding carboxylic acids is 2. The zero-order chi connectivity index (χ0) is 26.3. The van der Waals surface area contributed by atoms with Crippen molar-refractivity contribution in [2.75, 3.05) is 37.0 Å². The van der Waals surface area contributed by atoms with Gasteiger partial charge in [0, 0.05) is 30.4 Å². The van der Waals surface area contributed by atoms with Crippen molar-refractivity contribution >= 4 is 43.3 Å². The van der Waals surface area contributed by atoms with Crippen molar-refractivity contribution in [1.29, 1.82) is 0 Å². The van der Waals surface area contributed by atoms with Gasteiger partial charge in [-0.15, -0.1) is 0 Å². The molecule has 0 aliphatic carbocycles. The molecular formula is C26H33BrN2O6S. The fourth-order valence-electron chi connectivity index (χ4n) is 4.17. The van der Waals surface area contributed by atoms with E-state index in [1.54, 1.807) is 11.8 Å². The number of nitrogens with zero attached hydrogens (tertiary/aromatic N) is 1. The molecule has 0 saturated carbocycles. The second kappa shape index (κ2) is 12.6. The zero-order valence-electron chi connectivity index (χ0n) is 20.9. The van der Waals surface area contributed by atoms with Gasteiger partial charge in [-0.3, -0.25) is 9.59 Å². The maximum atomic E-state index is 13.2. The summed E-state index contributed by atoms with van der Waals surface area (Å²) in [5, 5.41) is 2.80. The average Bonchev–Trinajstić information content (AvgIpc) is 3.27. The Balaban J connectivity index is 1.61. The van der Waals surface area contributed by atoms with Crippen molar-refractivity contribution < 1.29 is 27.5 Å². The van der Waals surface area contributed by atoms with Crippen molar-refractivity contribution in [3.05, 3.63) is 45.9 Å². The first kappa shape index (κ1) is 28.0. The number of benzene rings is 2. The van der Waals surface area contributed by atoms with Crippen LogP contribution in [0.3, 0.4) is 0 Å². The summed E-state index contributed by atoms with van der Waals surface area (Å²) >= 11 is 3.38. The second-order valence-corrected chi connectivity index (χ2v) is 11.4. The van der Waals surface area contributed by atoms with Crippen LogP contribution in [0.4, 0.5) is 5.69 Å². The van der Waals surface area contributed by atoms with Gasteiger partial charge in [-0.25, -0.2) is 8.42 Å². The highest BCUT2D eigenvalue weighted by Crippen LogP contribution is 2.38. The number of sulfone groups is 1. The van der Waals surface area contributed by atoms with E-state index >= 15 is 0 Å². The Bertz CT molecular complexity index is 1220. The van der Waals surface area contributed by atoms with E-state index in [1.807, 2.05) is 38.1 Å². The van der Waals surface area contributed by atoms with E-state index in [1.165, 1.54) is 6.07 Å². The first-order valence-corrected chi connectivity index (χ1v) is 14.6. The molecule has 2 aromatic carbocycles. The fourth-order valence-corrected chi connectivity index (χ4v) is 6.34. The smallest absolute Gasteiger partial charge is 0.226 e. The van der Waals surface area contributed by atoms with Gasteiger partial charge < -0.3 is 19.7 Å². The van der Waals surface area contributed by atoms with Crippen LogP contribution in [-0.4, -0.2) is 52.3 Å². The van der Waals surface area contributed by atoms with Gasteiger partial charge in [0.25, 0.3) is 0 Å². The van der Waals surface area contributed by atoms with Crippen molar-refractivity contribution in [3.8, 4) is 11.5 Å². The quantitative estimate of drug-likeness (QED) is 0.406. The van der Waals surface area contributed by atoms with Crippen molar-refractivity contribution in [2.24, 2.45) is 0 Å². The van der Waals surface area contributed by atoms with E-state index in [4.69, 9.17) is 9.47 Å². The number of amides is 2. The molecule has 0 unspecified atom stereocenters. The molecule has 8 nitrogen and oxygen atoms in total. The minimum atomic E-state index is -3.79. The van der Waals surface area contributed by atoms with E-state index in [2.05, 4.69) is 21.2 Å². The number of halogens is 1. The third kappa shape index (κ3) is 6.79. The molecule has 2 aromatic rings. The molecule has 0 atom stereocenters. The molecule has 0 aromatic heterocycles. The highest BCUT2D eigenvalue weighted by Gasteiger charge is 2.32. The molecule has 1 aliphatic rings. The Morgan fingerprint density at radius 2 is 1.78 bits per heavy atom. The molecule has 1 heterocycles. The maximum absolute atomic E-state index is 13.2. The highest BCUT2D eigenvalue weighted by molar-refractivity contribution is 9.10. The van der Waals surface area contributed by atoms with Gasteiger partial charge in [0.1, 0.15) is 0 Å². The minimum Gasteiger partial charge on any atom is -0.490 e. The number of nitrogens with one attached hydrogen (secondary N) is 1. The summed E-state index contributed by atoms with van der Waals surface area (Å²) in [5.41, 5.74) is 2.24. The standard InChI is InChI=1S/C26H33BrN2O6S/c1-4-25(31)29-13-10-19-16-20(27)17-23(26(19)29)36(32,33)14-11-24(30)28-12-9-18-7-8-21(34-5-2)22(15-18)35-6-3/h7-8,15-17H,4-6,9-14H2,1-3H3,(H,28,30). The molecular weight excluding hydrogens is 548 g/mol. The molecule has 0 fully saturated rings. The Hall–Kier alpha value is -2.59. The molecule has 0 saturated heterocycles. The van der Waals surface area contributed by atoms with Gasteiger partial charge in [0.15, 0.2) is 21.3 Å². The summed E-state index contributed by atoms with van der Waals surface area (Å²) < 4.78 is 38.3. The SMILES string of the molecule is CCOc1ccc(CCNC(=O)CCS(=O)(=O)c2cc(Br)cc3c2N(C(=O)CC)CC3)cc1OCC. The minimum absolute atomic E-state index is 0.0943. The number of fused-ring (bicyclic) bond motifs is 1. The van der Waals surface area contributed by atoms with Crippen LogP contribution in [0.25, 0.3) is 0 Å². The van der Waals surface area contributed by atoms with Crippen LogP contribution < -0.4 is 19.7 Å². The largest absolute Gasteiger partial charge is 0.490 e. The highest BCUT2D eigenvalue weighted by atomic mass is 79.9. The molecule has 3 rings (SSSR count). The van der Waals surface area contributed by atoms with Crippen LogP contribution in [0, 0.1) is 0 Å². The van der Waals surface area contributed by atoms with Crippen LogP contribution in [0.5, 0.6) is 11.5 Å². The molecule has 196 valence electrons. The van der Waals surface area contributed by atoms with Crippen molar-refractivity contribution in [3.63, 3.8) is 0 Å². The summed E-state index contributed by atoms with van der Waals surface area (Å²) in [6.45, 7) is 7.43. The Morgan fingerprint density at radius 1 is 1.06 bits per heavy atom.